The maximum atomic E-state index is 12.9. The van der Waals surface area contributed by atoms with Crippen molar-refractivity contribution in [1.29, 1.82) is 5.26 Å². The van der Waals surface area contributed by atoms with Gasteiger partial charge >= 0.3 is 0 Å². The Kier molecular flexibility index (Phi) is 2.90. The summed E-state index contributed by atoms with van der Waals surface area (Å²) in [6.45, 7) is 0. The molecule has 0 fully saturated rings. The number of benzene rings is 2. The lowest BCUT2D eigenvalue weighted by Crippen LogP contribution is -1.89. The molecule has 19 heavy (non-hydrogen) atoms. The van der Waals surface area contributed by atoms with Crippen LogP contribution in [0.15, 0.2) is 48.5 Å². The van der Waals surface area contributed by atoms with E-state index in [1.807, 2.05) is 24.3 Å². The van der Waals surface area contributed by atoms with Crippen LogP contribution in [-0.2, 0) is 0 Å². The first-order valence-corrected chi connectivity index (χ1v) is 6.54. The molecule has 0 aliphatic carbocycles. The smallest absolute Gasteiger partial charge is 0.123 e. The fourth-order valence-electron chi connectivity index (χ4n) is 1.91. The number of anilines is 2. The third-order valence-corrected chi connectivity index (χ3v) is 3.90. The Morgan fingerprint density at radius 2 is 1.79 bits per heavy atom. The van der Waals surface area contributed by atoms with Crippen molar-refractivity contribution < 1.29 is 4.39 Å². The zero-order chi connectivity index (χ0) is 13.2. The molecule has 0 aliphatic heterocycles. The van der Waals surface area contributed by atoms with Crippen LogP contribution in [0.3, 0.4) is 0 Å². The number of nitriles is 1. The Morgan fingerprint density at radius 3 is 2.53 bits per heavy atom. The molecule has 0 spiro atoms. The van der Waals surface area contributed by atoms with Gasteiger partial charge < -0.3 is 5.32 Å². The number of fused-ring (bicyclic) bond motifs is 1. The number of hydrogen-bond donors (Lipinski definition) is 1. The van der Waals surface area contributed by atoms with E-state index >= 15 is 0 Å². The predicted molar refractivity (Wildman–Crippen MR) is 76.2 cm³/mol. The van der Waals surface area contributed by atoms with E-state index in [2.05, 4.69) is 11.4 Å². The van der Waals surface area contributed by atoms with Crippen LogP contribution in [0.5, 0.6) is 0 Å². The van der Waals surface area contributed by atoms with Crippen molar-refractivity contribution in [2.75, 3.05) is 5.32 Å². The minimum Gasteiger partial charge on any atom is -0.346 e. The van der Waals surface area contributed by atoms with Crippen LogP contribution in [-0.4, -0.2) is 0 Å². The molecular weight excluding hydrogens is 259 g/mol. The van der Waals surface area contributed by atoms with E-state index in [-0.39, 0.29) is 5.82 Å². The summed E-state index contributed by atoms with van der Waals surface area (Å²) in [5, 5.41) is 14.2. The fraction of sp³-hybridized carbons (Fsp3) is 0. The van der Waals surface area contributed by atoms with Crippen LogP contribution < -0.4 is 5.32 Å². The summed E-state index contributed by atoms with van der Waals surface area (Å²) in [6, 6.07) is 16.1. The lowest BCUT2D eigenvalue weighted by Gasteiger charge is -2.03. The van der Waals surface area contributed by atoms with E-state index in [0.29, 0.717) is 5.56 Å². The van der Waals surface area contributed by atoms with Crippen molar-refractivity contribution in [2.45, 2.75) is 0 Å². The second kappa shape index (κ2) is 4.71. The zero-order valence-electron chi connectivity index (χ0n) is 9.85. The molecule has 0 aliphatic rings. The average Bonchev–Trinajstić information content (AvgIpc) is 2.78. The van der Waals surface area contributed by atoms with E-state index in [0.717, 1.165) is 20.8 Å². The monoisotopic (exact) mass is 268 g/mol. The molecule has 1 heterocycles. The molecule has 0 bridgehead atoms. The van der Waals surface area contributed by atoms with Gasteiger partial charge in [-0.3, -0.25) is 0 Å². The summed E-state index contributed by atoms with van der Waals surface area (Å²) < 4.78 is 13.9. The highest BCUT2D eigenvalue weighted by atomic mass is 32.1. The quantitative estimate of drug-likeness (QED) is 0.734. The van der Waals surface area contributed by atoms with Gasteiger partial charge in [0.1, 0.15) is 16.9 Å². The van der Waals surface area contributed by atoms with Crippen LogP contribution in [0, 0.1) is 17.1 Å². The van der Waals surface area contributed by atoms with Crippen molar-refractivity contribution >= 4 is 32.1 Å². The van der Waals surface area contributed by atoms with Crippen LogP contribution >= 0.6 is 11.3 Å². The van der Waals surface area contributed by atoms with Gasteiger partial charge in [0.2, 0.25) is 0 Å². The van der Waals surface area contributed by atoms with E-state index in [1.165, 1.54) is 23.5 Å². The van der Waals surface area contributed by atoms with Gasteiger partial charge in [-0.2, -0.15) is 5.26 Å². The van der Waals surface area contributed by atoms with Gasteiger partial charge in [-0.15, -0.1) is 11.3 Å². The van der Waals surface area contributed by atoms with Gasteiger partial charge in [-0.1, -0.05) is 18.2 Å². The highest BCUT2D eigenvalue weighted by Gasteiger charge is 2.11. The highest BCUT2D eigenvalue weighted by Crippen LogP contribution is 2.36. The molecule has 92 valence electrons. The standard InChI is InChI=1S/C15H9FN2S/c16-10-5-7-11(8-6-10)18-15-13(9-17)12-3-1-2-4-14(12)19-15/h1-8,18H. The van der Waals surface area contributed by atoms with Gasteiger partial charge in [0.05, 0.1) is 5.56 Å². The Balaban J connectivity index is 2.05. The number of thiophene rings is 1. The Labute approximate surface area is 113 Å². The summed E-state index contributed by atoms with van der Waals surface area (Å²) in [7, 11) is 0. The van der Waals surface area contributed by atoms with Crippen LogP contribution in [0.4, 0.5) is 15.1 Å². The molecule has 0 atom stereocenters. The topological polar surface area (TPSA) is 35.8 Å². The summed E-state index contributed by atoms with van der Waals surface area (Å²) in [5.74, 6) is -0.276. The third-order valence-electron chi connectivity index (χ3n) is 2.81. The van der Waals surface area contributed by atoms with E-state index in [1.54, 1.807) is 12.1 Å². The average molecular weight is 268 g/mol. The summed E-state index contributed by atoms with van der Waals surface area (Å²) in [6.07, 6.45) is 0. The summed E-state index contributed by atoms with van der Waals surface area (Å²) in [5.41, 5.74) is 1.40. The Bertz CT molecular complexity index is 769. The van der Waals surface area contributed by atoms with Gasteiger partial charge in [-0.05, 0) is 30.3 Å². The number of nitrogens with one attached hydrogen (secondary N) is 1. The summed E-state index contributed by atoms with van der Waals surface area (Å²) >= 11 is 1.52. The third kappa shape index (κ3) is 2.16. The van der Waals surface area contributed by atoms with Gasteiger partial charge in [-0.25, -0.2) is 4.39 Å². The first kappa shape index (κ1) is 11.7. The number of rotatable bonds is 2. The molecule has 0 amide bonds. The van der Waals surface area contributed by atoms with Crippen molar-refractivity contribution in [3.63, 3.8) is 0 Å². The Morgan fingerprint density at radius 1 is 1.05 bits per heavy atom. The molecule has 4 heteroatoms. The van der Waals surface area contributed by atoms with E-state index < -0.39 is 0 Å². The molecule has 0 saturated heterocycles. The molecule has 2 aromatic carbocycles. The minimum absolute atomic E-state index is 0.276. The molecule has 0 saturated carbocycles. The van der Waals surface area contributed by atoms with Crippen molar-refractivity contribution in [2.24, 2.45) is 0 Å². The SMILES string of the molecule is N#Cc1c(Nc2ccc(F)cc2)sc2ccccc12. The van der Waals surface area contributed by atoms with Crippen LogP contribution in [0.2, 0.25) is 0 Å². The first-order chi connectivity index (χ1) is 9.28. The molecule has 2 nitrogen and oxygen atoms in total. The van der Waals surface area contributed by atoms with Crippen LogP contribution in [0.25, 0.3) is 10.1 Å². The lowest BCUT2D eigenvalue weighted by atomic mass is 10.2. The molecule has 1 aromatic heterocycles. The van der Waals surface area contributed by atoms with Gasteiger partial charge in [0.15, 0.2) is 0 Å². The zero-order valence-corrected chi connectivity index (χ0v) is 10.7. The fourth-order valence-corrected chi connectivity index (χ4v) is 2.98. The normalized spacial score (nSPS) is 10.3. The lowest BCUT2D eigenvalue weighted by molar-refractivity contribution is 0.628. The summed E-state index contributed by atoms with van der Waals surface area (Å²) in [4.78, 5) is 0. The molecule has 3 aromatic rings. The largest absolute Gasteiger partial charge is 0.346 e. The van der Waals surface area contributed by atoms with Crippen molar-refractivity contribution in [1.82, 2.24) is 0 Å². The minimum atomic E-state index is -0.276. The second-order valence-corrected chi connectivity index (χ2v) is 5.10. The van der Waals surface area contributed by atoms with Gasteiger partial charge in [0, 0.05) is 15.8 Å². The number of halogens is 1. The molecule has 3 rings (SSSR count). The van der Waals surface area contributed by atoms with Crippen LogP contribution in [0.1, 0.15) is 5.56 Å². The highest BCUT2D eigenvalue weighted by molar-refractivity contribution is 7.23. The van der Waals surface area contributed by atoms with Gasteiger partial charge in [0.25, 0.3) is 0 Å². The molecule has 1 N–H and O–H groups in total. The van der Waals surface area contributed by atoms with Crippen molar-refractivity contribution in [3.8, 4) is 6.07 Å². The molecule has 0 radical (unpaired) electrons. The maximum absolute atomic E-state index is 12.9. The number of nitrogens with zero attached hydrogens (tertiary/aromatic N) is 1. The first-order valence-electron chi connectivity index (χ1n) is 5.72. The molecular formula is C15H9FN2S. The Hall–Kier alpha value is -2.38. The van der Waals surface area contributed by atoms with Crippen molar-refractivity contribution in [3.05, 3.63) is 59.9 Å². The maximum Gasteiger partial charge on any atom is 0.123 e. The van der Waals surface area contributed by atoms with E-state index in [4.69, 9.17) is 0 Å². The van der Waals surface area contributed by atoms with E-state index in [9.17, 15) is 9.65 Å². The molecule has 0 unspecified atom stereocenters. The number of hydrogen-bond acceptors (Lipinski definition) is 3. The predicted octanol–water partition coefficient (Wildman–Crippen LogP) is 4.66. The second-order valence-electron chi connectivity index (χ2n) is 4.05.